The van der Waals surface area contributed by atoms with E-state index in [0.29, 0.717) is 0 Å². The van der Waals surface area contributed by atoms with E-state index in [4.69, 9.17) is 0 Å². The SMILES string of the molecule is CCC=C=C(SC)SC. The van der Waals surface area contributed by atoms with Crippen LogP contribution in [0.5, 0.6) is 0 Å². The van der Waals surface area contributed by atoms with Gasteiger partial charge in [-0.2, -0.15) is 0 Å². The molecule has 0 amide bonds. The zero-order chi connectivity index (χ0) is 7.11. The molecular formula is C7H12S2. The standard InChI is InChI=1S/C7H12S2/c1-4-5-6-7(8-2)9-3/h5H,4H2,1-3H3. The van der Waals surface area contributed by atoms with Crippen molar-refractivity contribution in [2.75, 3.05) is 12.5 Å². The largest absolute Gasteiger partial charge is 0.114 e. The molecule has 52 valence electrons. The Morgan fingerprint density at radius 3 is 2.33 bits per heavy atom. The van der Waals surface area contributed by atoms with Crippen LogP contribution in [-0.4, -0.2) is 12.5 Å². The third-order valence-electron chi connectivity index (χ3n) is 0.795. The molecule has 0 unspecified atom stereocenters. The van der Waals surface area contributed by atoms with Crippen LogP contribution in [0, 0.1) is 0 Å². The van der Waals surface area contributed by atoms with Gasteiger partial charge in [0, 0.05) is 0 Å². The van der Waals surface area contributed by atoms with Gasteiger partial charge < -0.3 is 0 Å². The predicted molar refractivity (Wildman–Crippen MR) is 48.9 cm³/mol. The fourth-order valence-corrected chi connectivity index (χ4v) is 1.46. The molecule has 0 aromatic rings. The van der Waals surface area contributed by atoms with Crippen molar-refractivity contribution in [3.8, 4) is 0 Å². The first-order valence-electron chi connectivity index (χ1n) is 2.88. The van der Waals surface area contributed by atoms with Crippen LogP contribution in [0.4, 0.5) is 0 Å². The van der Waals surface area contributed by atoms with Crippen LogP contribution < -0.4 is 0 Å². The van der Waals surface area contributed by atoms with Gasteiger partial charge in [0.05, 0.1) is 4.24 Å². The predicted octanol–water partition coefficient (Wildman–Crippen LogP) is 3.12. The van der Waals surface area contributed by atoms with E-state index >= 15 is 0 Å². The molecule has 0 fully saturated rings. The van der Waals surface area contributed by atoms with Crippen LogP contribution >= 0.6 is 23.5 Å². The topological polar surface area (TPSA) is 0 Å². The summed E-state index contributed by atoms with van der Waals surface area (Å²) in [5.74, 6) is 0. The maximum Gasteiger partial charge on any atom is 0.0816 e. The molecule has 0 radical (unpaired) electrons. The van der Waals surface area contributed by atoms with Crippen LogP contribution in [0.25, 0.3) is 0 Å². The van der Waals surface area contributed by atoms with Crippen molar-refractivity contribution in [1.29, 1.82) is 0 Å². The molecule has 9 heavy (non-hydrogen) atoms. The Bertz CT molecular complexity index is 115. The zero-order valence-electron chi connectivity index (χ0n) is 6.10. The fourth-order valence-electron chi connectivity index (χ4n) is 0.387. The Labute approximate surface area is 65.8 Å². The zero-order valence-corrected chi connectivity index (χ0v) is 7.73. The normalized spacial score (nSPS) is 8.33. The molecule has 0 aliphatic rings. The Morgan fingerprint density at radius 2 is 2.00 bits per heavy atom. The van der Waals surface area contributed by atoms with Crippen molar-refractivity contribution >= 4 is 23.5 Å². The van der Waals surface area contributed by atoms with Crippen LogP contribution in [0.2, 0.25) is 0 Å². The molecule has 0 bridgehead atoms. The van der Waals surface area contributed by atoms with Crippen molar-refractivity contribution < 1.29 is 0 Å². The number of rotatable bonds is 3. The van der Waals surface area contributed by atoms with Gasteiger partial charge in [-0.1, -0.05) is 6.92 Å². The molecule has 2 heteroatoms. The first-order chi connectivity index (χ1) is 4.35. The number of hydrogen-bond acceptors (Lipinski definition) is 2. The number of allylic oxidation sites excluding steroid dienone is 1. The first kappa shape index (κ1) is 9.22. The Hall–Kier alpha value is 0.220. The minimum atomic E-state index is 1.07. The molecular weight excluding hydrogens is 148 g/mol. The summed E-state index contributed by atoms with van der Waals surface area (Å²) in [6.07, 6.45) is 7.28. The second-order valence-corrected chi connectivity index (χ2v) is 3.34. The summed E-state index contributed by atoms with van der Waals surface area (Å²) in [4.78, 5) is 0. The second kappa shape index (κ2) is 6.34. The molecule has 0 rings (SSSR count). The molecule has 0 aromatic carbocycles. The van der Waals surface area contributed by atoms with Gasteiger partial charge in [-0.25, -0.2) is 0 Å². The van der Waals surface area contributed by atoms with Gasteiger partial charge in [-0.05, 0) is 25.0 Å². The highest BCUT2D eigenvalue weighted by atomic mass is 32.2. The maximum atomic E-state index is 3.19. The van der Waals surface area contributed by atoms with E-state index in [0.717, 1.165) is 6.42 Å². The van der Waals surface area contributed by atoms with Gasteiger partial charge in [-0.15, -0.1) is 29.3 Å². The third kappa shape index (κ3) is 4.71. The van der Waals surface area contributed by atoms with E-state index in [-0.39, 0.29) is 0 Å². The third-order valence-corrected chi connectivity index (χ3v) is 2.77. The Kier molecular flexibility index (Phi) is 6.50. The van der Waals surface area contributed by atoms with E-state index in [1.54, 1.807) is 23.5 Å². The van der Waals surface area contributed by atoms with Crippen LogP contribution in [0.15, 0.2) is 16.0 Å². The van der Waals surface area contributed by atoms with E-state index in [1.807, 2.05) is 0 Å². The smallest absolute Gasteiger partial charge is 0.0816 e. The second-order valence-electron chi connectivity index (χ2n) is 1.45. The lowest BCUT2D eigenvalue weighted by Crippen LogP contribution is -1.59. The number of hydrogen-bond donors (Lipinski definition) is 0. The molecule has 0 nitrogen and oxygen atoms in total. The van der Waals surface area contributed by atoms with Gasteiger partial charge >= 0.3 is 0 Å². The van der Waals surface area contributed by atoms with Gasteiger partial charge in [0.2, 0.25) is 0 Å². The highest BCUT2D eigenvalue weighted by Crippen LogP contribution is 2.21. The lowest BCUT2D eigenvalue weighted by molar-refractivity contribution is 1.23. The molecule has 0 heterocycles. The lowest BCUT2D eigenvalue weighted by atomic mass is 10.5. The number of thioether (sulfide) groups is 2. The van der Waals surface area contributed by atoms with Crippen molar-refractivity contribution in [2.24, 2.45) is 0 Å². The average Bonchev–Trinajstić information content (AvgIpc) is 1.91. The summed E-state index contributed by atoms with van der Waals surface area (Å²) >= 11 is 3.49. The average molecular weight is 160 g/mol. The molecule has 0 aliphatic heterocycles. The summed E-state index contributed by atoms with van der Waals surface area (Å²) in [6.45, 7) is 2.12. The summed E-state index contributed by atoms with van der Waals surface area (Å²) in [6, 6.07) is 0. The van der Waals surface area contributed by atoms with E-state index < -0.39 is 0 Å². The quantitative estimate of drug-likeness (QED) is 0.582. The van der Waals surface area contributed by atoms with Gasteiger partial charge in [0.15, 0.2) is 0 Å². The summed E-state index contributed by atoms with van der Waals surface area (Å²) in [5.41, 5.74) is 3.19. The maximum absolute atomic E-state index is 3.19. The summed E-state index contributed by atoms with van der Waals surface area (Å²) in [7, 11) is 0. The van der Waals surface area contributed by atoms with Crippen molar-refractivity contribution in [3.05, 3.63) is 16.0 Å². The summed E-state index contributed by atoms with van der Waals surface area (Å²) in [5, 5.41) is 0. The van der Waals surface area contributed by atoms with E-state index in [2.05, 4.69) is 31.2 Å². The van der Waals surface area contributed by atoms with Gasteiger partial charge in [0.1, 0.15) is 0 Å². The van der Waals surface area contributed by atoms with Gasteiger partial charge in [-0.3, -0.25) is 0 Å². The van der Waals surface area contributed by atoms with Crippen LogP contribution in [0.1, 0.15) is 13.3 Å². The molecule has 0 aliphatic carbocycles. The Balaban J connectivity index is 3.89. The lowest BCUT2D eigenvalue weighted by Gasteiger charge is -1.89. The summed E-state index contributed by atoms with van der Waals surface area (Å²) < 4.78 is 1.26. The molecule has 0 N–H and O–H groups in total. The van der Waals surface area contributed by atoms with Crippen molar-refractivity contribution in [2.45, 2.75) is 13.3 Å². The monoisotopic (exact) mass is 160 g/mol. The highest BCUT2D eigenvalue weighted by Gasteiger charge is 1.84. The minimum absolute atomic E-state index is 1.07. The molecule has 0 aromatic heterocycles. The molecule has 0 saturated carbocycles. The van der Waals surface area contributed by atoms with E-state index in [9.17, 15) is 0 Å². The van der Waals surface area contributed by atoms with Gasteiger partial charge in [0.25, 0.3) is 0 Å². The highest BCUT2D eigenvalue weighted by molar-refractivity contribution is 8.21. The van der Waals surface area contributed by atoms with Crippen LogP contribution in [-0.2, 0) is 0 Å². The van der Waals surface area contributed by atoms with Crippen molar-refractivity contribution in [1.82, 2.24) is 0 Å². The van der Waals surface area contributed by atoms with Crippen LogP contribution in [0.3, 0.4) is 0 Å². The minimum Gasteiger partial charge on any atom is -0.114 e. The molecule has 0 spiro atoms. The molecule has 0 atom stereocenters. The fraction of sp³-hybridized carbons (Fsp3) is 0.571. The van der Waals surface area contributed by atoms with Crippen molar-refractivity contribution in [3.63, 3.8) is 0 Å². The molecule has 0 saturated heterocycles. The van der Waals surface area contributed by atoms with E-state index in [1.165, 1.54) is 4.24 Å². The first-order valence-corrected chi connectivity index (χ1v) is 5.33. The Morgan fingerprint density at radius 1 is 1.44 bits per heavy atom.